The number of nitrogens with one attached hydrogen (secondary N) is 2. The number of nitrogens with zero attached hydrogens (tertiary/aromatic N) is 1. The van der Waals surface area contributed by atoms with Crippen LogP contribution in [0.3, 0.4) is 0 Å². The van der Waals surface area contributed by atoms with Crippen molar-refractivity contribution >= 4 is 57.7 Å². The third-order valence-electron chi connectivity index (χ3n) is 2.34. The van der Waals surface area contributed by atoms with E-state index in [0.717, 1.165) is 10.7 Å². The highest BCUT2D eigenvalue weighted by Gasteiger charge is 2.10. The minimum atomic E-state index is -0.239. The van der Waals surface area contributed by atoms with E-state index < -0.39 is 0 Å². The summed E-state index contributed by atoms with van der Waals surface area (Å²) in [5, 5.41) is 3.84. The molecule has 0 radical (unpaired) electrons. The number of anilines is 1. The van der Waals surface area contributed by atoms with Crippen molar-refractivity contribution in [3.63, 3.8) is 0 Å². The number of halogens is 3. The van der Waals surface area contributed by atoms with E-state index in [1.807, 2.05) is 12.3 Å². The van der Waals surface area contributed by atoms with Crippen LogP contribution in [0.5, 0.6) is 0 Å². The molecule has 1 heterocycles. The van der Waals surface area contributed by atoms with E-state index in [4.69, 9.17) is 34.8 Å². The van der Waals surface area contributed by atoms with Crippen LogP contribution in [0.2, 0.25) is 15.1 Å². The number of hydrogen-bond donors (Lipinski definition) is 2. The summed E-state index contributed by atoms with van der Waals surface area (Å²) in [6.07, 6.45) is 0.181. The van der Waals surface area contributed by atoms with E-state index in [0.29, 0.717) is 20.8 Å². The zero-order valence-electron chi connectivity index (χ0n) is 10.3. The second-order valence-electron chi connectivity index (χ2n) is 3.95. The maximum Gasteiger partial charge on any atom is 0.244 e. The Hall–Kier alpha value is -1.01. The smallest absolute Gasteiger partial charge is 0.244 e. The van der Waals surface area contributed by atoms with Gasteiger partial charge < -0.3 is 0 Å². The molecule has 1 aromatic carbocycles. The van der Waals surface area contributed by atoms with Crippen LogP contribution in [-0.4, -0.2) is 10.9 Å². The summed E-state index contributed by atoms with van der Waals surface area (Å²) in [5.74, 6) is -0.239. The maximum absolute atomic E-state index is 11.8. The van der Waals surface area contributed by atoms with Crippen molar-refractivity contribution in [2.75, 3.05) is 5.43 Å². The first-order chi connectivity index (χ1) is 9.45. The highest BCUT2D eigenvalue weighted by molar-refractivity contribution is 7.09. The van der Waals surface area contributed by atoms with Gasteiger partial charge in [-0.15, -0.1) is 11.3 Å². The molecule has 2 rings (SSSR count). The quantitative estimate of drug-likeness (QED) is 0.816. The number of carbonyl (C=O) groups excluding carboxylic acids is 1. The molecule has 2 aromatic rings. The van der Waals surface area contributed by atoms with Crippen LogP contribution < -0.4 is 10.9 Å². The molecule has 0 aliphatic rings. The fourth-order valence-corrected chi connectivity index (χ4v) is 3.02. The van der Waals surface area contributed by atoms with Gasteiger partial charge in [-0.3, -0.25) is 15.6 Å². The normalized spacial score (nSPS) is 10.4. The Morgan fingerprint density at radius 1 is 1.30 bits per heavy atom. The SMILES string of the molecule is Cc1nc(CC(=O)NNc2c(Cl)cc(Cl)cc2Cl)cs1. The Bertz CT molecular complexity index is 622. The molecule has 106 valence electrons. The number of thiazole rings is 1. The largest absolute Gasteiger partial charge is 0.296 e. The van der Waals surface area contributed by atoms with Crippen molar-refractivity contribution in [2.45, 2.75) is 13.3 Å². The number of amides is 1. The lowest BCUT2D eigenvalue weighted by atomic mass is 10.3. The Kier molecular flexibility index (Phi) is 5.10. The monoisotopic (exact) mass is 349 g/mol. The summed E-state index contributed by atoms with van der Waals surface area (Å²) >= 11 is 19.3. The van der Waals surface area contributed by atoms with Crippen molar-refractivity contribution in [2.24, 2.45) is 0 Å². The summed E-state index contributed by atoms with van der Waals surface area (Å²) in [5.41, 5.74) is 6.34. The van der Waals surface area contributed by atoms with Crippen LogP contribution in [0.4, 0.5) is 5.69 Å². The molecule has 0 spiro atoms. The number of aryl methyl sites for hydroxylation is 1. The predicted molar refractivity (Wildman–Crippen MR) is 83.8 cm³/mol. The molecule has 0 aliphatic carbocycles. The molecule has 0 aliphatic heterocycles. The van der Waals surface area contributed by atoms with E-state index in [-0.39, 0.29) is 12.3 Å². The van der Waals surface area contributed by atoms with E-state index in [2.05, 4.69) is 15.8 Å². The highest BCUT2D eigenvalue weighted by Crippen LogP contribution is 2.33. The van der Waals surface area contributed by atoms with Gasteiger partial charge in [0.1, 0.15) is 0 Å². The topological polar surface area (TPSA) is 54.0 Å². The van der Waals surface area contributed by atoms with Crippen LogP contribution in [0.15, 0.2) is 17.5 Å². The first-order valence-electron chi connectivity index (χ1n) is 5.56. The van der Waals surface area contributed by atoms with E-state index in [1.54, 1.807) is 0 Å². The number of benzene rings is 1. The summed E-state index contributed by atoms with van der Waals surface area (Å²) in [4.78, 5) is 16.0. The van der Waals surface area contributed by atoms with Gasteiger partial charge in [0.2, 0.25) is 5.91 Å². The fraction of sp³-hybridized carbons (Fsp3) is 0.167. The van der Waals surface area contributed by atoms with Gasteiger partial charge in [-0.2, -0.15) is 0 Å². The molecular formula is C12H10Cl3N3OS. The van der Waals surface area contributed by atoms with Crippen molar-refractivity contribution in [3.05, 3.63) is 43.3 Å². The predicted octanol–water partition coefficient (Wildman–Crippen LogP) is 4.10. The molecule has 2 N–H and O–H groups in total. The average molecular weight is 351 g/mol. The van der Waals surface area contributed by atoms with Gasteiger partial charge >= 0.3 is 0 Å². The molecule has 0 unspecified atom stereocenters. The summed E-state index contributed by atoms with van der Waals surface area (Å²) in [6.45, 7) is 1.89. The zero-order valence-corrected chi connectivity index (χ0v) is 13.4. The van der Waals surface area contributed by atoms with Gasteiger partial charge in [-0.25, -0.2) is 4.98 Å². The van der Waals surface area contributed by atoms with Crippen molar-refractivity contribution in [3.8, 4) is 0 Å². The lowest BCUT2D eigenvalue weighted by Gasteiger charge is -2.11. The molecule has 1 aromatic heterocycles. The highest BCUT2D eigenvalue weighted by atomic mass is 35.5. The van der Waals surface area contributed by atoms with E-state index >= 15 is 0 Å². The van der Waals surface area contributed by atoms with Crippen molar-refractivity contribution in [1.82, 2.24) is 10.4 Å². The molecular weight excluding hydrogens is 341 g/mol. The molecule has 4 nitrogen and oxygen atoms in total. The van der Waals surface area contributed by atoms with Crippen LogP contribution in [0, 0.1) is 6.92 Å². The summed E-state index contributed by atoms with van der Waals surface area (Å²) in [6, 6.07) is 3.07. The Balaban J connectivity index is 1.97. The van der Waals surface area contributed by atoms with Gasteiger partial charge in [-0.05, 0) is 19.1 Å². The fourth-order valence-electron chi connectivity index (χ4n) is 1.49. The third kappa shape index (κ3) is 3.99. The Morgan fingerprint density at radius 2 is 1.95 bits per heavy atom. The average Bonchev–Trinajstić information content (AvgIpc) is 2.73. The number of hydrogen-bond acceptors (Lipinski definition) is 4. The molecule has 0 bridgehead atoms. The molecule has 20 heavy (non-hydrogen) atoms. The van der Waals surface area contributed by atoms with Crippen LogP contribution in [0.25, 0.3) is 0 Å². The van der Waals surface area contributed by atoms with E-state index in [1.165, 1.54) is 23.5 Å². The Morgan fingerprint density at radius 3 is 2.50 bits per heavy atom. The molecule has 8 heteroatoms. The second-order valence-corrected chi connectivity index (χ2v) is 6.27. The van der Waals surface area contributed by atoms with Gasteiger partial charge in [0, 0.05) is 10.4 Å². The standard InChI is InChI=1S/C12H10Cl3N3OS/c1-6-16-8(5-20-6)4-11(19)17-18-12-9(14)2-7(13)3-10(12)15/h2-3,5,18H,4H2,1H3,(H,17,19). The van der Waals surface area contributed by atoms with Crippen LogP contribution >= 0.6 is 46.1 Å². The molecule has 0 saturated heterocycles. The number of hydrazine groups is 1. The zero-order chi connectivity index (χ0) is 14.7. The number of aromatic nitrogens is 1. The van der Waals surface area contributed by atoms with Gasteiger partial charge in [0.05, 0.1) is 32.9 Å². The number of rotatable bonds is 4. The van der Waals surface area contributed by atoms with Crippen LogP contribution in [-0.2, 0) is 11.2 Å². The lowest BCUT2D eigenvalue weighted by molar-refractivity contribution is -0.120. The molecule has 0 saturated carbocycles. The molecule has 0 atom stereocenters. The second kappa shape index (κ2) is 6.63. The summed E-state index contributed by atoms with van der Waals surface area (Å²) < 4.78 is 0. The number of carbonyl (C=O) groups is 1. The Labute approximate surface area is 135 Å². The van der Waals surface area contributed by atoms with Crippen molar-refractivity contribution in [1.29, 1.82) is 0 Å². The minimum absolute atomic E-state index is 0.181. The maximum atomic E-state index is 11.8. The van der Waals surface area contributed by atoms with Crippen LogP contribution in [0.1, 0.15) is 10.7 Å². The van der Waals surface area contributed by atoms with Gasteiger partial charge in [-0.1, -0.05) is 34.8 Å². The lowest BCUT2D eigenvalue weighted by Crippen LogP contribution is -2.31. The van der Waals surface area contributed by atoms with Gasteiger partial charge in [0.15, 0.2) is 0 Å². The third-order valence-corrected chi connectivity index (χ3v) is 3.98. The molecule has 0 fully saturated rings. The summed E-state index contributed by atoms with van der Waals surface area (Å²) in [7, 11) is 0. The first kappa shape index (κ1) is 15.4. The van der Waals surface area contributed by atoms with E-state index in [9.17, 15) is 4.79 Å². The van der Waals surface area contributed by atoms with Gasteiger partial charge in [0.25, 0.3) is 0 Å². The minimum Gasteiger partial charge on any atom is -0.296 e. The molecule has 1 amide bonds. The first-order valence-corrected chi connectivity index (χ1v) is 7.57. The van der Waals surface area contributed by atoms with Crippen molar-refractivity contribution < 1.29 is 4.79 Å².